The highest BCUT2D eigenvalue weighted by Gasteiger charge is 2.15. The molecule has 0 unspecified atom stereocenters. The smallest absolute Gasteiger partial charge is 0.0727 e. The zero-order chi connectivity index (χ0) is 12.9. The predicted octanol–water partition coefficient (Wildman–Crippen LogP) is 3.05. The van der Waals surface area contributed by atoms with Gasteiger partial charge in [-0.1, -0.05) is 24.3 Å². The second-order valence-corrected chi connectivity index (χ2v) is 4.82. The van der Waals surface area contributed by atoms with Gasteiger partial charge in [0, 0.05) is 18.9 Å². The molecule has 106 valence electrons. The highest BCUT2D eigenvalue weighted by molar-refractivity contribution is 5.85. The fourth-order valence-corrected chi connectivity index (χ4v) is 2.44. The third-order valence-corrected chi connectivity index (χ3v) is 3.50. The molecule has 1 aromatic carbocycles. The van der Waals surface area contributed by atoms with Crippen LogP contribution in [-0.4, -0.2) is 24.2 Å². The van der Waals surface area contributed by atoms with Gasteiger partial charge in [-0.2, -0.15) is 0 Å². The van der Waals surface area contributed by atoms with Crippen LogP contribution in [0.2, 0.25) is 0 Å². The fourth-order valence-electron chi connectivity index (χ4n) is 2.44. The van der Waals surface area contributed by atoms with Gasteiger partial charge in [-0.25, -0.2) is 0 Å². The van der Waals surface area contributed by atoms with Gasteiger partial charge in [-0.05, 0) is 41.8 Å². The summed E-state index contributed by atoms with van der Waals surface area (Å²) >= 11 is 0. The summed E-state index contributed by atoms with van der Waals surface area (Å²) in [5, 5.41) is 3.32. The second-order valence-electron chi connectivity index (χ2n) is 4.82. The molecule has 3 rings (SSSR count). The SMILES string of the molecule is Cl.c1ccc(-c2ccncc2)c(CO[C@H]2CCNC2)c1. The first-order valence-electron chi connectivity index (χ1n) is 6.74. The lowest BCUT2D eigenvalue weighted by Crippen LogP contribution is -2.16. The van der Waals surface area contributed by atoms with E-state index < -0.39 is 0 Å². The Morgan fingerprint density at radius 2 is 1.95 bits per heavy atom. The van der Waals surface area contributed by atoms with Crippen molar-refractivity contribution in [2.75, 3.05) is 13.1 Å². The minimum Gasteiger partial charge on any atom is -0.372 e. The van der Waals surface area contributed by atoms with Crippen LogP contribution in [0.3, 0.4) is 0 Å². The van der Waals surface area contributed by atoms with E-state index >= 15 is 0 Å². The van der Waals surface area contributed by atoms with E-state index in [-0.39, 0.29) is 12.4 Å². The molecule has 0 spiro atoms. The van der Waals surface area contributed by atoms with Gasteiger partial charge in [-0.15, -0.1) is 12.4 Å². The van der Waals surface area contributed by atoms with E-state index in [1.807, 2.05) is 24.5 Å². The monoisotopic (exact) mass is 290 g/mol. The zero-order valence-electron chi connectivity index (χ0n) is 11.3. The Morgan fingerprint density at radius 1 is 1.15 bits per heavy atom. The molecule has 0 bridgehead atoms. The molecule has 1 aromatic heterocycles. The number of hydrogen-bond acceptors (Lipinski definition) is 3. The first kappa shape index (κ1) is 15.0. The average Bonchev–Trinajstić information content (AvgIpc) is 3.00. The molecule has 1 saturated heterocycles. The maximum atomic E-state index is 5.97. The first-order chi connectivity index (χ1) is 9.43. The summed E-state index contributed by atoms with van der Waals surface area (Å²) in [4.78, 5) is 4.07. The second kappa shape index (κ2) is 7.39. The average molecular weight is 291 g/mol. The van der Waals surface area contributed by atoms with Crippen molar-refractivity contribution in [2.45, 2.75) is 19.1 Å². The Morgan fingerprint density at radius 3 is 2.70 bits per heavy atom. The fraction of sp³-hybridized carbons (Fsp3) is 0.312. The van der Waals surface area contributed by atoms with E-state index in [1.165, 1.54) is 16.7 Å². The maximum Gasteiger partial charge on any atom is 0.0727 e. The molecular weight excluding hydrogens is 272 g/mol. The largest absolute Gasteiger partial charge is 0.372 e. The Labute approximate surface area is 125 Å². The molecule has 0 saturated carbocycles. The molecule has 1 aliphatic heterocycles. The third kappa shape index (κ3) is 3.57. The van der Waals surface area contributed by atoms with Crippen molar-refractivity contribution in [3.05, 3.63) is 54.4 Å². The topological polar surface area (TPSA) is 34.1 Å². The van der Waals surface area contributed by atoms with Crippen LogP contribution < -0.4 is 5.32 Å². The van der Waals surface area contributed by atoms with Crippen LogP contribution >= 0.6 is 12.4 Å². The summed E-state index contributed by atoms with van der Waals surface area (Å²) in [6, 6.07) is 12.5. The molecule has 2 aromatic rings. The molecule has 0 radical (unpaired) electrons. The summed E-state index contributed by atoms with van der Waals surface area (Å²) in [6.07, 6.45) is 5.12. The van der Waals surface area contributed by atoms with Gasteiger partial charge >= 0.3 is 0 Å². The van der Waals surface area contributed by atoms with Crippen molar-refractivity contribution in [1.29, 1.82) is 0 Å². The molecule has 0 amide bonds. The molecule has 0 aliphatic carbocycles. The molecule has 4 heteroatoms. The third-order valence-electron chi connectivity index (χ3n) is 3.50. The van der Waals surface area contributed by atoms with Gasteiger partial charge in [-0.3, -0.25) is 4.98 Å². The van der Waals surface area contributed by atoms with Crippen molar-refractivity contribution in [2.24, 2.45) is 0 Å². The van der Waals surface area contributed by atoms with Crippen LogP contribution in [0.15, 0.2) is 48.8 Å². The minimum atomic E-state index is 0. The number of hydrogen-bond donors (Lipinski definition) is 1. The molecule has 2 heterocycles. The van der Waals surface area contributed by atoms with Gasteiger partial charge in [0.1, 0.15) is 0 Å². The molecule has 20 heavy (non-hydrogen) atoms. The van der Waals surface area contributed by atoms with E-state index in [0.29, 0.717) is 12.7 Å². The van der Waals surface area contributed by atoms with Gasteiger partial charge in [0.15, 0.2) is 0 Å². The molecule has 1 atom stereocenters. The summed E-state index contributed by atoms with van der Waals surface area (Å²) in [5.74, 6) is 0. The lowest BCUT2D eigenvalue weighted by atomic mass is 10.0. The van der Waals surface area contributed by atoms with Crippen LogP contribution in [0.4, 0.5) is 0 Å². The van der Waals surface area contributed by atoms with Crippen molar-refractivity contribution >= 4 is 12.4 Å². The summed E-state index contributed by atoms with van der Waals surface area (Å²) in [6.45, 7) is 2.71. The lowest BCUT2D eigenvalue weighted by molar-refractivity contribution is 0.0545. The highest BCUT2D eigenvalue weighted by atomic mass is 35.5. The number of rotatable bonds is 4. The Balaban J connectivity index is 0.00000147. The predicted molar refractivity (Wildman–Crippen MR) is 83.0 cm³/mol. The number of ether oxygens (including phenoxy) is 1. The molecule has 1 fully saturated rings. The first-order valence-corrected chi connectivity index (χ1v) is 6.74. The number of aromatic nitrogens is 1. The molecule has 3 nitrogen and oxygen atoms in total. The molecular formula is C16H19ClN2O. The van der Waals surface area contributed by atoms with Crippen LogP contribution in [-0.2, 0) is 11.3 Å². The minimum absolute atomic E-state index is 0. The van der Waals surface area contributed by atoms with Gasteiger partial charge < -0.3 is 10.1 Å². The standard InChI is InChI=1S/C16H18N2O.ClH/c1-2-4-16(13-5-8-17-9-6-13)14(3-1)12-19-15-7-10-18-11-15;/h1-6,8-9,15,18H,7,10-12H2;1H/t15-;/m0./s1. The number of pyridine rings is 1. The Bertz CT molecular complexity index is 527. The summed E-state index contributed by atoms with van der Waals surface area (Å²) < 4.78 is 5.97. The van der Waals surface area contributed by atoms with Gasteiger partial charge in [0.05, 0.1) is 12.7 Å². The molecule has 1 N–H and O–H groups in total. The van der Waals surface area contributed by atoms with E-state index in [4.69, 9.17) is 4.74 Å². The Hall–Kier alpha value is -1.42. The normalized spacial score (nSPS) is 17.7. The van der Waals surface area contributed by atoms with Crippen LogP contribution in [0.1, 0.15) is 12.0 Å². The van der Waals surface area contributed by atoms with Crippen molar-refractivity contribution in [1.82, 2.24) is 10.3 Å². The maximum absolute atomic E-state index is 5.97. The summed E-state index contributed by atoms with van der Waals surface area (Å²) in [5.41, 5.74) is 3.66. The van der Waals surface area contributed by atoms with Crippen LogP contribution in [0.25, 0.3) is 11.1 Å². The van der Waals surface area contributed by atoms with E-state index in [1.54, 1.807) is 0 Å². The number of benzene rings is 1. The molecule has 1 aliphatic rings. The summed E-state index contributed by atoms with van der Waals surface area (Å²) in [7, 11) is 0. The zero-order valence-corrected chi connectivity index (χ0v) is 12.1. The van der Waals surface area contributed by atoms with Gasteiger partial charge in [0.25, 0.3) is 0 Å². The number of nitrogens with one attached hydrogen (secondary N) is 1. The van der Waals surface area contributed by atoms with Crippen LogP contribution in [0.5, 0.6) is 0 Å². The Kier molecular flexibility index (Phi) is 5.53. The number of halogens is 1. The lowest BCUT2D eigenvalue weighted by Gasteiger charge is -2.13. The van der Waals surface area contributed by atoms with Crippen molar-refractivity contribution < 1.29 is 4.74 Å². The van der Waals surface area contributed by atoms with Gasteiger partial charge in [0.2, 0.25) is 0 Å². The highest BCUT2D eigenvalue weighted by Crippen LogP contribution is 2.24. The van der Waals surface area contributed by atoms with Crippen LogP contribution in [0, 0.1) is 0 Å². The van der Waals surface area contributed by atoms with E-state index in [2.05, 4.69) is 34.6 Å². The van der Waals surface area contributed by atoms with E-state index in [9.17, 15) is 0 Å². The van der Waals surface area contributed by atoms with Crippen molar-refractivity contribution in [3.8, 4) is 11.1 Å². The van der Waals surface area contributed by atoms with E-state index in [0.717, 1.165) is 19.5 Å². The quantitative estimate of drug-likeness (QED) is 0.940. The van der Waals surface area contributed by atoms with Crippen molar-refractivity contribution in [3.63, 3.8) is 0 Å². The number of nitrogens with zero attached hydrogens (tertiary/aromatic N) is 1.